The highest BCUT2D eigenvalue weighted by molar-refractivity contribution is 5.97. The Kier molecular flexibility index (Phi) is 5.29. The number of carbonyl (C=O) groups is 1. The van der Waals surface area contributed by atoms with Crippen LogP contribution in [0.15, 0.2) is 40.9 Å². The predicted octanol–water partition coefficient (Wildman–Crippen LogP) is 4.12. The van der Waals surface area contributed by atoms with Crippen LogP contribution in [0.5, 0.6) is 5.75 Å². The minimum atomic E-state index is -0.246. The number of aryl methyl sites for hydroxylation is 2. The molecule has 4 rings (SSSR count). The lowest BCUT2D eigenvalue weighted by molar-refractivity contribution is 0.0706. The third-order valence-electron chi connectivity index (χ3n) is 4.98. The lowest BCUT2D eigenvalue weighted by Crippen LogP contribution is -2.31. The van der Waals surface area contributed by atoms with Gasteiger partial charge in [-0.1, -0.05) is 17.3 Å². The fourth-order valence-electron chi connectivity index (χ4n) is 3.78. The molecule has 3 heterocycles. The first kappa shape index (κ1) is 19.1. The molecule has 2 aromatic heterocycles. The topological polar surface area (TPSA) is 81.4 Å². The van der Waals surface area contributed by atoms with E-state index in [1.165, 1.54) is 0 Å². The summed E-state index contributed by atoms with van der Waals surface area (Å²) < 4.78 is 11.2. The third kappa shape index (κ3) is 3.85. The average molecular weight is 392 g/mol. The van der Waals surface area contributed by atoms with Crippen LogP contribution in [0, 0.1) is 13.8 Å². The quantitative estimate of drug-likeness (QED) is 0.649. The molecule has 1 amide bonds. The maximum Gasteiger partial charge on any atom is 0.258 e. The van der Waals surface area contributed by atoms with Gasteiger partial charge in [0.1, 0.15) is 17.5 Å². The van der Waals surface area contributed by atoms with Crippen molar-refractivity contribution in [3.05, 3.63) is 59.1 Å². The Balaban J connectivity index is 1.61. The number of benzene rings is 1. The van der Waals surface area contributed by atoms with E-state index in [4.69, 9.17) is 9.26 Å². The van der Waals surface area contributed by atoms with Crippen molar-refractivity contribution in [1.82, 2.24) is 20.0 Å². The van der Waals surface area contributed by atoms with E-state index in [0.29, 0.717) is 41.9 Å². The summed E-state index contributed by atoms with van der Waals surface area (Å²) in [6, 6.07) is 11.0. The lowest BCUT2D eigenvalue weighted by atomic mass is 10.1. The zero-order valence-electron chi connectivity index (χ0n) is 16.9. The van der Waals surface area contributed by atoms with Gasteiger partial charge in [-0.2, -0.15) is 4.98 Å². The molecule has 29 heavy (non-hydrogen) atoms. The number of hydrogen-bond donors (Lipinski definition) is 0. The average Bonchev–Trinajstić information content (AvgIpc) is 3.37. The summed E-state index contributed by atoms with van der Waals surface area (Å²) in [5.74, 6) is 1.40. The molecule has 3 aromatic rings. The number of para-hydroxylation sites is 1. The van der Waals surface area contributed by atoms with Crippen molar-refractivity contribution in [2.24, 2.45) is 0 Å². The smallest absolute Gasteiger partial charge is 0.258 e. The van der Waals surface area contributed by atoms with Gasteiger partial charge in [0, 0.05) is 12.2 Å². The van der Waals surface area contributed by atoms with Gasteiger partial charge in [-0.25, -0.2) is 4.98 Å². The SMILES string of the molecule is CCOc1ccccc1C(=O)N1CCCC1c1nc(-c2cc(C)cc(C)n2)no1. The molecule has 1 aliphatic rings. The number of pyridine rings is 1. The first-order chi connectivity index (χ1) is 14.1. The van der Waals surface area contributed by atoms with Gasteiger partial charge in [0.25, 0.3) is 5.91 Å². The van der Waals surface area contributed by atoms with Gasteiger partial charge >= 0.3 is 0 Å². The minimum Gasteiger partial charge on any atom is -0.493 e. The molecule has 1 fully saturated rings. The monoisotopic (exact) mass is 392 g/mol. The van der Waals surface area contributed by atoms with E-state index in [0.717, 1.165) is 24.1 Å². The second-order valence-corrected chi connectivity index (χ2v) is 7.21. The van der Waals surface area contributed by atoms with Gasteiger partial charge in [0.2, 0.25) is 11.7 Å². The molecule has 1 unspecified atom stereocenters. The maximum atomic E-state index is 13.2. The van der Waals surface area contributed by atoms with Crippen molar-refractivity contribution in [2.45, 2.75) is 39.7 Å². The Morgan fingerprint density at radius 2 is 2.07 bits per heavy atom. The van der Waals surface area contributed by atoms with Crippen LogP contribution in [-0.4, -0.2) is 39.1 Å². The Morgan fingerprint density at radius 1 is 1.24 bits per heavy atom. The lowest BCUT2D eigenvalue weighted by Gasteiger charge is -2.23. The largest absolute Gasteiger partial charge is 0.493 e. The van der Waals surface area contributed by atoms with E-state index in [9.17, 15) is 4.79 Å². The fraction of sp³-hybridized carbons (Fsp3) is 0.364. The Bertz CT molecular complexity index is 1010. The molecule has 0 radical (unpaired) electrons. The molecule has 1 aromatic carbocycles. The van der Waals surface area contributed by atoms with Crippen LogP contribution in [0.2, 0.25) is 0 Å². The zero-order chi connectivity index (χ0) is 20.4. The maximum absolute atomic E-state index is 13.2. The molecule has 0 spiro atoms. The Morgan fingerprint density at radius 3 is 2.86 bits per heavy atom. The first-order valence-corrected chi connectivity index (χ1v) is 9.89. The molecule has 0 bridgehead atoms. The van der Waals surface area contributed by atoms with Gasteiger partial charge in [0.15, 0.2) is 0 Å². The fourth-order valence-corrected chi connectivity index (χ4v) is 3.78. The first-order valence-electron chi connectivity index (χ1n) is 9.89. The van der Waals surface area contributed by atoms with Crippen molar-refractivity contribution in [1.29, 1.82) is 0 Å². The van der Waals surface area contributed by atoms with Crippen LogP contribution < -0.4 is 4.74 Å². The summed E-state index contributed by atoms with van der Waals surface area (Å²) >= 11 is 0. The molecular weight excluding hydrogens is 368 g/mol. The molecule has 0 aliphatic carbocycles. The van der Waals surface area contributed by atoms with Gasteiger partial charge in [-0.15, -0.1) is 0 Å². The minimum absolute atomic E-state index is 0.0826. The van der Waals surface area contributed by atoms with Crippen LogP contribution in [-0.2, 0) is 0 Å². The summed E-state index contributed by atoms with van der Waals surface area (Å²) in [4.78, 5) is 24.1. The van der Waals surface area contributed by atoms with Crippen LogP contribution in [0.4, 0.5) is 0 Å². The summed E-state index contributed by atoms with van der Waals surface area (Å²) in [6.45, 7) is 6.99. The molecule has 7 nitrogen and oxygen atoms in total. The van der Waals surface area contributed by atoms with Crippen molar-refractivity contribution < 1.29 is 14.1 Å². The van der Waals surface area contributed by atoms with Crippen LogP contribution >= 0.6 is 0 Å². The number of rotatable bonds is 5. The van der Waals surface area contributed by atoms with Crippen molar-refractivity contribution in [3.63, 3.8) is 0 Å². The standard InChI is InChI=1S/C22H24N4O3/c1-4-28-19-10-6-5-8-16(19)22(27)26-11-7-9-18(26)21-24-20(25-29-21)17-13-14(2)12-15(3)23-17/h5-6,8,10,12-13,18H,4,7,9,11H2,1-3H3. The molecule has 150 valence electrons. The van der Waals surface area contributed by atoms with E-state index in [-0.39, 0.29) is 11.9 Å². The number of nitrogens with zero attached hydrogens (tertiary/aromatic N) is 4. The number of ether oxygens (including phenoxy) is 1. The summed E-state index contributed by atoms with van der Waals surface area (Å²) in [7, 11) is 0. The highest BCUT2D eigenvalue weighted by Gasteiger charge is 2.35. The van der Waals surface area contributed by atoms with Gasteiger partial charge in [-0.3, -0.25) is 4.79 Å². The van der Waals surface area contributed by atoms with Crippen LogP contribution in [0.3, 0.4) is 0 Å². The number of likely N-dealkylation sites (tertiary alicyclic amines) is 1. The molecule has 1 atom stereocenters. The molecule has 7 heteroatoms. The van der Waals surface area contributed by atoms with Gasteiger partial charge in [0.05, 0.1) is 12.2 Å². The number of aromatic nitrogens is 3. The van der Waals surface area contributed by atoms with E-state index in [1.54, 1.807) is 11.0 Å². The van der Waals surface area contributed by atoms with Crippen molar-refractivity contribution in [3.8, 4) is 17.3 Å². The molecule has 0 saturated carbocycles. The van der Waals surface area contributed by atoms with Crippen molar-refractivity contribution in [2.75, 3.05) is 13.2 Å². The zero-order valence-corrected chi connectivity index (χ0v) is 16.9. The second-order valence-electron chi connectivity index (χ2n) is 7.21. The molecule has 1 aliphatic heterocycles. The normalized spacial score (nSPS) is 16.2. The second kappa shape index (κ2) is 8.03. The Hall–Kier alpha value is -3.22. The van der Waals surface area contributed by atoms with Gasteiger partial charge in [-0.05, 0) is 63.4 Å². The van der Waals surface area contributed by atoms with Crippen LogP contribution in [0.25, 0.3) is 11.5 Å². The highest BCUT2D eigenvalue weighted by Crippen LogP contribution is 2.34. The molecular formula is C22H24N4O3. The predicted molar refractivity (Wildman–Crippen MR) is 108 cm³/mol. The van der Waals surface area contributed by atoms with Gasteiger partial charge < -0.3 is 14.2 Å². The molecule has 1 saturated heterocycles. The highest BCUT2D eigenvalue weighted by atomic mass is 16.5. The van der Waals surface area contributed by atoms with E-state index in [2.05, 4.69) is 15.1 Å². The van der Waals surface area contributed by atoms with Crippen LogP contribution in [0.1, 0.15) is 53.3 Å². The number of hydrogen-bond acceptors (Lipinski definition) is 6. The number of carbonyl (C=O) groups excluding carboxylic acids is 1. The summed E-state index contributed by atoms with van der Waals surface area (Å²) in [6.07, 6.45) is 1.66. The third-order valence-corrected chi connectivity index (χ3v) is 4.98. The molecule has 0 N–H and O–H groups in total. The Labute approximate surface area is 169 Å². The summed E-state index contributed by atoms with van der Waals surface area (Å²) in [5, 5.41) is 4.12. The van der Waals surface area contributed by atoms with E-state index >= 15 is 0 Å². The number of amides is 1. The van der Waals surface area contributed by atoms with Crippen molar-refractivity contribution >= 4 is 5.91 Å². The van der Waals surface area contributed by atoms with E-state index < -0.39 is 0 Å². The van der Waals surface area contributed by atoms with E-state index in [1.807, 2.05) is 51.1 Å². The summed E-state index contributed by atoms with van der Waals surface area (Å²) in [5.41, 5.74) is 3.22.